The van der Waals surface area contributed by atoms with E-state index in [1.54, 1.807) is 45.7 Å². The maximum atomic E-state index is 12.2. The number of benzene rings is 1. The fourth-order valence-corrected chi connectivity index (χ4v) is 3.19. The summed E-state index contributed by atoms with van der Waals surface area (Å²) >= 11 is 0. The molecular formula is C23H28N6O4. The van der Waals surface area contributed by atoms with Crippen molar-refractivity contribution in [2.45, 2.75) is 13.8 Å². The Kier molecular flexibility index (Phi) is 7.85. The van der Waals surface area contributed by atoms with Gasteiger partial charge < -0.3 is 24.8 Å². The molecule has 3 aromatic rings. The number of nitrogens with zero attached hydrogens (tertiary/aromatic N) is 4. The number of carbonyl (C=O) groups excluding carboxylic acids is 1. The predicted octanol–water partition coefficient (Wildman–Crippen LogP) is 2.55. The predicted molar refractivity (Wildman–Crippen MR) is 125 cm³/mol. The third-order valence-electron chi connectivity index (χ3n) is 4.74. The molecule has 0 radical (unpaired) electrons. The molecule has 0 saturated heterocycles. The van der Waals surface area contributed by atoms with Crippen molar-refractivity contribution in [3.63, 3.8) is 0 Å². The quantitative estimate of drug-likeness (QED) is 0.357. The molecule has 0 atom stereocenters. The van der Waals surface area contributed by atoms with Gasteiger partial charge in [0.2, 0.25) is 11.7 Å². The molecule has 0 unspecified atom stereocenters. The molecule has 0 bridgehead atoms. The highest BCUT2D eigenvalue weighted by molar-refractivity contribution is 5.91. The summed E-state index contributed by atoms with van der Waals surface area (Å²) in [6.45, 7) is 4.66. The van der Waals surface area contributed by atoms with E-state index in [0.29, 0.717) is 42.0 Å². The number of nitrogens with one attached hydrogen (secondary N) is 2. The Labute approximate surface area is 192 Å². The molecular weight excluding hydrogens is 424 g/mol. The largest absolute Gasteiger partial charge is 0.493 e. The Morgan fingerprint density at radius 1 is 1.03 bits per heavy atom. The summed E-state index contributed by atoms with van der Waals surface area (Å²) in [7, 11) is 4.63. The number of ether oxygens (including phenoxy) is 3. The molecule has 10 nitrogen and oxygen atoms in total. The lowest BCUT2D eigenvalue weighted by atomic mass is 10.1. The van der Waals surface area contributed by atoms with Gasteiger partial charge >= 0.3 is 0 Å². The number of hydrogen-bond donors (Lipinski definition) is 2. The SMILES string of the molecule is COc1cc(/C=C/C(=O)NCCNc2cc(-n3ccnc3C)nc(C)n2)cc(OC)c1OC. The van der Waals surface area contributed by atoms with E-state index in [-0.39, 0.29) is 5.91 Å². The lowest BCUT2D eigenvalue weighted by Gasteiger charge is -2.12. The summed E-state index contributed by atoms with van der Waals surface area (Å²) in [6, 6.07) is 5.38. The second-order valence-electron chi connectivity index (χ2n) is 7.01. The third-order valence-corrected chi connectivity index (χ3v) is 4.74. The van der Waals surface area contributed by atoms with Crippen LogP contribution in [0.15, 0.2) is 36.7 Å². The molecule has 3 rings (SSSR count). The molecule has 0 aliphatic heterocycles. The first-order valence-corrected chi connectivity index (χ1v) is 10.3. The second-order valence-corrected chi connectivity index (χ2v) is 7.01. The Morgan fingerprint density at radius 3 is 2.36 bits per heavy atom. The maximum Gasteiger partial charge on any atom is 0.244 e. The van der Waals surface area contributed by atoms with Crippen molar-refractivity contribution in [1.82, 2.24) is 24.8 Å². The Hall–Kier alpha value is -4.08. The van der Waals surface area contributed by atoms with Crippen LogP contribution in [0, 0.1) is 13.8 Å². The zero-order chi connectivity index (χ0) is 23.8. The summed E-state index contributed by atoms with van der Waals surface area (Å²) in [5, 5.41) is 6.04. The molecule has 33 heavy (non-hydrogen) atoms. The minimum absolute atomic E-state index is 0.223. The van der Waals surface area contributed by atoms with Crippen molar-refractivity contribution < 1.29 is 19.0 Å². The highest BCUT2D eigenvalue weighted by atomic mass is 16.5. The minimum Gasteiger partial charge on any atom is -0.493 e. The van der Waals surface area contributed by atoms with Crippen molar-refractivity contribution in [3.8, 4) is 23.1 Å². The number of imidazole rings is 1. The van der Waals surface area contributed by atoms with Gasteiger partial charge in [-0.2, -0.15) is 0 Å². The fraction of sp³-hybridized carbons (Fsp3) is 0.304. The number of aromatic nitrogens is 4. The van der Waals surface area contributed by atoms with Crippen LogP contribution in [-0.4, -0.2) is 59.8 Å². The van der Waals surface area contributed by atoms with Gasteiger partial charge in [0.15, 0.2) is 11.5 Å². The third kappa shape index (κ3) is 6.00. The number of rotatable bonds is 10. The van der Waals surface area contributed by atoms with Crippen LogP contribution in [-0.2, 0) is 4.79 Å². The van der Waals surface area contributed by atoms with Crippen LogP contribution in [0.3, 0.4) is 0 Å². The standard InChI is InChI=1S/C23H28N6O4/c1-15-27-20(14-21(28-15)29-11-10-24-16(29)2)25-8-9-26-22(30)7-6-17-12-18(31-3)23(33-5)19(13-17)32-4/h6-7,10-14H,8-9H2,1-5H3,(H,26,30)(H,25,27,28)/b7-6+. The zero-order valence-electron chi connectivity index (χ0n) is 19.4. The first-order valence-electron chi connectivity index (χ1n) is 10.3. The lowest BCUT2D eigenvalue weighted by Crippen LogP contribution is -2.27. The van der Waals surface area contributed by atoms with E-state index in [1.807, 2.05) is 30.7 Å². The van der Waals surface area contributed by atoms with Crippen LogP contribution < -0.4 is 24.8 Å². The average Bonchev–Trinajstić information content (AvgIpc) is 3.25. The summed E-state index contributed by atoms with van der Waals surface area (Å²) in [4.78, 5) is 25.3. The summed E-state index contributed by atoms with van der Waals surface area (Å²) in [5.74, 6) is 4.20. The van der Waals surface area contributed by atoms with Crippen LogP contribution in [0.2, 0.25) is 0 Å². The molecule has 2 heterocycles. The second kappa shape index (κ2) is 11.0. The molecule has 0 spiro atoms. The number of hydrogen-bond acceptors (Lipinski definition) is 8. The van der Waals surface area contributed by atoms with E-state index < -0.39 is 0 Å². The number of carbonyl (C=O) groups is 1. The number of methoxy groups -OCH3 is 3. The molecule has 10 heteroatoms. The molecule has 0 fully saturated rings. The van der Waals surface area contributed by atoms with Crippen molar-refractivity contribution in [1.29, 1.82) is 0 Å². The maximum absolute atomic E-state index is 12.2. The van der Waals surface area contributed by atoms with Crippen molar-refractivity contribution in [2.75, 3.05) is 39.7 Å². The molecule has 0 saturated carbocycles. The van der Waals surface area contributed by atoms with Gasteiger partial charge in [0, 0.05) is 37.6 Å². The van der Waals surface area contributed by atoms with Crippen LogP contribution in [0.4, 0.5) is 5.82 Å². The topological polar surface area (TPSA) is 112 Å². The average molecular weight is 453 g/mol. The van der Waals surface area contributed by atoms with E-state index >= 15 is 0 Å². The van der Waals surface area contributed by atoms with Gasteiger partial charge in [-0.05, 0) is 37.6 Å². The molecule has 0 aliphatic carbocycles. The Balaban J connectivity index is 1.55. The monoisotopic (exact) mass is 452 g/mol. The van der Waals surface area contributed by atoms with Gasteiger partial charge in [0.05, 0.1) is 21.3 Å². The van der Waals surface area contributed by atoms with Gasteiger partial charge in [0.1, 0.15) is 23.3 Å². The summed E-state index contributed by atoms with van der Waals surface area (Å²) < 4.78 is 17.9. The van der Waals surface area contributed by atoms with Crippen LogP contribution >= 0.6 is 0 Å². The van der Waals surface area contributed by atoms with Crippen molar-refractivity contribution in [3.05, 3.63) is 53.9 Å². The van der Waals surface area contributed by atoms with Crippen molar-refractivity contribution in [2.24, 2.45) is 0 Å². The molecule has 0 aliphatic rings. The highest BCUT2D eigenvalue weighted by Crippen LogP contribution is 2.38. The van der Waals surface area contributed by atoms with Gasteiger partial charge in [-0.15, -0.1) is 0 Å². The van der Waals surface area contributed by atoms with Gasteiger partial charge in [0.25, 0.3) is 0 Å². The van der Waals surface area contributed by atoms with Gasteiger partial charge in [-0.1, -0.05) is 0 Å². The van der Waals surface area contributed by atoms with Crippen LogP contribution in [0.5, 0.6) is 17.2 Å². The summed E-state index contributed by atoms with van der Waals surface area (Å²) in [5.41, 5.74) is 0.747. The number of aryl methyl sites for hydroxylation is 2. The number of anilines is 1. The molecule has 1 aromatic carbocycles. The normalized spacial score (nSPS) is 10.8. The van der Waals surface area contributed by atoms with Crippen LogP contribution in [0.25, 0.3) is 11.9 Å². The van der Waals surface area contributed by atoms with E-state index in [9.17, 15) is 4.79 Å². The molecule has 2 aromatic heterocycles. The molecule has 174 valence electrons. The number of amides is 1. The summed E-state index contributed by atoms with van der Waals surface area (Å²) in [6.07, 6.45) is 6.71. The zero-order valence-corrected chi connectivity index (χ0v) is 19.4. The van der Waals surface area contributed by atoms with Crippen LogP contribution in [0.1, 0.15) is 17.2 Å². The fourth-order valence-electron chi connectivity index (χ4n) is 3.19. The first-order chi connectivity index (χ1) is 15.9. The van der Waals surface area contributed by atoms with E-state index in [0.717, 1.165) is 17.2 Å². The van der Waals surface area contributed by atoms with Gasteiger partial charge in [-0.25, -0.2) is 15.0 Å². The lowest BCUT2D eigenvalue weighted by molar-refractivity contribution is -0.116. The Bertz CT molecular complexity index is 1120. The van der Waals surface area contributed by atoms with Crippen molar-refractivity contribution >= 4 is 17.8 Å². The first kappa shape index (κ1) is 23.6. The highest BCUT2D eigenvalue weighted by Gasteiger charge is 2.12. The van der Waals surface area contributed by atoms with E-state index in [1.165, 1.54) is 6.08 Å². The smallest absolute Gasteiger partial charge is 0.244 e. The molecule has 2 N–H and O–H groups in total. The van der Waals surface area contributed by atoms with Gasteiger partial charge in [-0.3, -0.25) is 9.36 Å². The van der Waals surface area contributed by atoms with E-state index in [4.69, 9.17) is 14.2 Å². The Morgan fingerprint density at radius 2 is 1.76 bits per heavy atom. The minimum atomic E-state index is -0.223. The van der Waals surface area contributed by atoms with E-state index in [2.05, 4.69) is 25.6 Å². The molecule has 1 amide bonds.